The molecule has 27 heavy (non-hydrogen) atoms. The number of amides is 1. The summed E-state index contributed by atoms with van der Waals surface area (Å²) in [7, 11) is 1.28. The van der Waals surface area contributed by atoms with Crippen LogP contribution >= 0.6 is 11.3 Å². The molecule has 7 nitrogen and oxygen atoms in total. The Morgan fingerprint density at radius 1 is 1.22 bits per heavy atom. The average Bonchev–Trinajstić information content (AvgIpc) is 3.05. The van der Waals surface area contributed by atoms with Gasteiger partial charge in [-0.2, -0.15) is 0 Å². The third-order valence-electron chi connectivity index (χ3n) is 3.96. The highest BCUT2D eigenvalue weighted by molar-refractivity contribution is 7.16. The van der Waals surface area contributed by atoms with E-state index < -0.39 is 17.4 Å². The van der Waals surface area contributed by atoms with Crippen molar-refractivity contribution < 1.29 is 14.3 Å². The molecular formula is C19H19N3O4S. The van der Waals surface area contributed by atoms with E-state index in [0.29, 0.717) is 10.6 Å². The predicted molar refractivity (Wildman–Crippen MR) is 104 cm³/mol. The fourth-order valence-electron chi connectivity index (χ4n) is 2.47. The molecule has 3 rings (SSSR count). The Bertz CT molecular complexity index is 1090. The maximum Gasteiger partial charge on any atom is 0.340 e. The normalized spacial score (nSPS) is 11.4. The second-order valence-corrected chi connectivity index (χ2v) is 8.01. The van der Waals surface area contributed by atoms with Crippen molar-refractivity contribution in [2.75, 3.05) is 12.4 Å². The number of nitrogens with one attached hydrogen (secondary N) is 1. The van der Waals surface area contributed by atoms with Crippen molar-refractivity contribution in [2.45, 2.75) is 26.2 Å². The van der Waals surface area contributed by atoms with Gasteiger partial charge >= 0.3 is 5.97 Å². The molecular weight excluding hydrogens is 366 g/mol. The summed E-state index contributed by atoms with van der Waals surface area (Å²) in [6, 6.07) is 6.82. The molecule has 0 aliphatic rings. The van der Waals surface area contributed by atoms with E-state index in [1.807, 2.05) is 20.8 Å². The zero-order valence-corrected chi connectivity index (χ0v) is 16.2. The predicted octanol–water partition coefficient (Wildman–Crippen LogP) is 3.09. The fraction of sp³-hybridized carbons (Fsp3) is 0.263. The van der Waals surface area contributed by atoms with E-state index in [-0.39, 0.29) is 16.5 Å². The summed E-state index contributed by atoms with van der Waals surface area (Å²) in [5, 5.41) is 3.01. The quantitative estimate of drug-likeness (QED) is 0.700. The van der Waals surface area contributed by atoms with Crippen LogP contribution in [0.4, 0.5) is 5.00 Å². The van der Waals surface area contributed by atoms with Gasteiger partial charge in [-0.3, -0.25) is 14.0 Å². The molecule has 0 spiro atoms. The van der Waals surface area contributed by atoms with Crippen LogP contribution in [0.2, 0.25) is 0 Å². The number of aromatic nitrogens is 2. The number of pyridine rings is 1. The van der Waals surface area contributed by atoms with Gasteiger partial charge in [0.1, 0.15) is 16.2 Å². The summed E-state index contributed by atoms with van der Waals surface area (Å²) >= 11 is 1.28. The third kappa shape index (κ3) is 3.61. The van der Waals surface area contributed by atoms with Crippen molar-refractivity contribution >= 4 is 33.9 Å². The summed E-state index contributed by atoms with van der Waals surface area (Å²) in [4.78, 5) is 42.4. The summed E-state index contributed by atoms with van der Waals surface area (Å²) < 4.78 is 6.11. The van der Waals surface area contributed by atoms with E-state index in [4.69, 9.17) is 4.74 Å². The molecule has 8 heteroatoms. The molecule has 1 amide bonds. The van der Waals surface area contributed by atoms with Gasteiger partial charge in [-0.05, 0) is 23.6 Å². The first-order valence-electron chi connectivity index (χ1n) is 8.22. The molecule has 1 N–H and O–H groups in total. The average molecular weight is 385 g/mol. The minimum absolute atomic E-state index is 0.111. The smallest absolute Gasteiger partial charge is 0.340 e. The van der Waals surface area contributed by atoms with Crippen molar-refractivity contribution in [3.8, 4) is 0 Å². The minimum atomic E-state index is -0.627. The van der Waals surface area contributed by atoms with Crippen LogP contribution in [-0.4, -0.2) is 28.4 Å². The number of anilines is 1. The molecule has 0 aliphatic heterocycles. The van der Waals surface area contributed by atoms with E-state index in [0.717, 1.165) is 4.88 Å². The Morgan fingerprint density at radius 2 is 1.96 bits per heavy atom. The van der Waals surface area contributed by atoms with Crippen LogP contribution in [0.25, 0.3) is 5.65 Å². The number of fused-ring (bicyclic) bond motifs is 1. The molecule has 0 fully saturated rings. The summed E-state index contributed by atoms with van der Waals surface area (Å²) in [5.74, 6) is -1.18. The zero-order valence-electron chi connectivity index (χ0n) is 15.4. The molecule has 3 heterocycles. The van der Waals surface area contributed by atoms with Crippen molar-refractivity contribution in [1.82, 2.24) is 9.38 Å². The van der Waals surface area contributed by atoms with E-state index in [9.17, 15) is 14.4 Å². The summed E-state index contributed by atoms with van der Waals surface area (Å²) in [6.45, 7) is 6.02. The summed E-state index contributed by atoms with van der Waals surface area (Å²) in [5.41, 5.74) is -0.0962. The maximum absolute atomic E-state index is 12.7. The SMILES string of the molecule is COC(=O)c1cc(C(C)(C)C)sc1NC(=O)c1cnc2ccccn2c1=O. The van der Waals surface area contributed by atoms with E-state index >= 15 is 0 Å². The van der Waals surface area contributed by atoms with Gasteiger partial charge in [0.05, 0.1) is 12.7 Å². The Balaban J connectivity index is 2.01. The van der Waals surface area contributed by atoms with Gasteiger partial charge in [0.25, 0.3) is 11.5 Å². The lowest BCUT2D eigenvalue weighted by molar-refractivity contribution is 0.0602. The second-order valence-electron chi connectivity index (χ2n) is 6.96. The highest BCUT2D eigenvalue weighted by Crippen LogP contribution is 2.36. The second kappa shape index (κ2) is 6.96. The number of ether oxygens (including phenoxy) is 1. The Labute approximate surface area is 159 Å². The van der Waals surface area contributed by atoms with Crippen LogP contribution in [0, 0.1) is 0 Å². The van der Waals surface area contributed by atoms with Gasteiger partial charge in [0.2, 0.25) is 0 Å². The van der Waals surface area contributed by atoms with Crippen molar-refractivity contribution in [3.63, 3.8) is 0 Å². The number of esters is 1. The van der Waals surface area contributed by atoms with E-state index in [1.165, 1.54) is 29.0 Å². The first-order valence-corrected chi connectivity index (χ1v) is 9.04. The zero-order chi connectivity index (χ0) is 19.8. The van der Waals surface area contributed by atoms with Crippen LogP contribution in [-0.2, 0) is 10.2 Å². The van der Waals surface area contributed by atoms with Gasteiger partial charge in [0, 0.05) is 17.3 Å². The van der Waals surface area contributed by atoms with Crippen molar-refractivity contribution in [2.24, 2.45) is 0 Å². The Morgan fingerprint density at radius 3 is 2.63 bits per heavy atom. The van der Waals surface area contributed by atoms with Crippen molar-refractivity contribution in [3.05, 3.63) is 63.0 Å². The van der Waals surface area contributed by atoms with Crippen LogP contribution in [0.1, 0.15) is 46.4 Å². The van der Waals surface area contributed by atoms with E-state index in [1.54, 1.807) is 30.5 Å². The first-order chi connectivity index (χ1) is 12.7. The highest BCUT2D eigenvalue weighted by atomic mass is 32.1. The van der Waals surface area contributed by atoms with Crippen molar-refractivity contribution in [1.29, 1.82) is 0 Å². The molecule has 3 aromatic rings. The lowest BCUT2D eigenvalue weighted by Gasteiger charge is -2.15. The Kier molecular flexibility index (Phi) is 4.84. The van der Waals surface area contributed by atoms with Crippen LogP contribution in [0.5, 0.6) is 0 Å². The number of hydrogen-bond donors (Lipinski definition) is 1. The molecule has 0 unspecified atom stereocenters. The molecule has 0 aliphatic carbocycles. The van der Waals surface area contributed by atoms with Crippen LogP contribution < -0.4 is 10.9 Å². The standard InChI is InChI=1S/C19H19N3O4S/c1-19(2,3)13-9-11(18(25)26-4)16(27-13)21-15(23)12-10-20-14-7-5-6-8-22(14)17(12)24/h5-10H,1-4H3,(H,21,23). The largest absolute Gasteiger partial charge is 0.465 e. The lowest BCUT2D eigenvalue weighted by Crippen LogP contribution is -2.26. The third-order valence-corrected chi connectivity index (χ3v) is 5.44. The number of nitrogens with zero attached hydrogens (tertiary/aromatic N) is 2. The van der Waals surface area contributed by atoms with Gasteiger partial charge in [-0.1, -0.05) is 26.8 Å². The molecule has 3 aromatic heterocycles. The molecule has 0 aromatic carbocycles. The molecule has 0 atom stereocenters. The fourth-order valence-corrected chi connectivity index (χ4v) is 3.57. The van der Waals surface area contributed by atoms with Gasteiger partial charge in [0.15, 0.2) is 0 Å². The van der Waals surface area contributed by atoms with Gasteiger partial charge in [-0.15, -0.1) is 11.3 Å². The number of thiophene rings is 1. The molecule has 0 bridgehead atoms. The highest BCUT2D eigenvalue weighted by Gasteiger charge is 2.25. The van der Waals surface area contributed by atoms with E-state index in [2.05, 4.69) is 10.3 Å². The van der Waals surface area contributed by atoms with Crippen LogP contribution in [0.15, 0.2) is 41.5 Å². The molecule has 0 saturated carbocycles. The summed E-state index contributed by atoms with van der Waals surface area (Å²) in [6.07, 6.45) is 2.78. The van der Waals surface area contributed by atoms with Gasteiger partial charge < -0.3 is 10.1 Å². The molecule has 0 saturated heterocycles. The maximum atomic E-state index is 12.7. The van der Waals surface area contributed by atoms with Gasteiger partial charge in [-0.25, -0.2) is 9.78 Å². The molecule has 140 valence electrons. The lowest BCUT2D eigenvalue weighted by atomic mass is 9.94. The Hall–Kier alpha value is -3.00. The number of carbonyl (C=O) groups excluding carboxylic acids is 2. The number of rotatable bonds is 3. The number of hydrogen-bond acceptors (Lipinski definition) is 6. The first kappa shape index (κ1) is 18.8. The topological polar surface area (TPSA) is 89.8 Å². The number of methoxy groups -OCH3 is 1. The van der Waals surface area contributed by atoms with Crippen LogP contribution in [0.3, 0.4) is 0 Å². The monoisotopic (exact) mass is 385 g/mol. The molecule has 0 radical (unpaired) electrons. The minimum Gasteiger partial charge on any atom is -0.465 e. The number of carbonyl (C=O) groups is 2.